The number of phenolic OH excluding ortho intramolecular Hbond substituents is 1. The fourth-order valence-corrected chi connectivity index (χ4v) is 2.92. The Labute approximate surface area is 175 Å². The molecule has 0 saturated carbocycles. The molecular weight excluding hydrogens is 401 g/mol. The molecule has 0 aromatic heterocycles. The number of unbranched alkanes of at least 4 members (excludes halogenated alkanes) is 1. The first-order valence-corrected chi connectivity index (χ1v) is 9.97. The Morgan fingerprint density at radius 1 is 0.964 bits per heavy atom. The van der Waals surface area contributed by atoms with E-state index >= 15 is 0 Å². The summed E-state index contributed by atoms with van der Waals surface area (Å²) in [7, 11) is 0. The summed E-state index contributed by atoms with van der Waals surface area (Å²) in [6.45, 7) is 5.61. The van der Waals surface area contributed by atoms with E-state index in [0.717, 1.165) is 36.3 Å². The summed E-state index contributed by atoms with van der Waals surface area (Å²) in [6.07, 6.45) is 2.54. The van der Waals surface area contributed by atoms with Crippen molar-refractivity contribution in [2.45, 2.75) is 33.1 Å². The first-order valence-electron chi connectivity index (χ1n) is 9.22. The van der Waals surface area contributed by atoms with Gasteiger partial charge in [0.25, 0.3) is 0 Å². The van der Waals surface area contributed by atoms with E-state index in [1.807, 2.05) is 38.1 Å². The first-order chi connectivity index (χ1) is 13.5. The van der Waals surface area contributed by atoms with E-state index in [9.17, 15) is 5.11 Å². The molecule has 28 heavy (non-hydrogen) atoms. The number of rotatable bonds is 11. The number of hydrogen-bond acceptors (Lipinski definition) is 5. The van der Waals surface area contributed by atoms with Crippen LogP contribution in [0.3, 0.4) is 0 Å². The summed E-state index contributed by atoms with van der Waals surface area (Å²) < 4.78 is 11.3. The quantitative estimate of drug-likeness (QED) is 0.268. The third kappa shape index (κ3) is 7.13. The van der Waals surface area contributed by atoms with E-state index in [0.29, 0.717) is 35.6 Å². The van der Waals surface area contributed by atoms with E-state index in [4.69, 9.17) is 37.5 Å². The zero-order valence-electron chi connectivity index (χ0n) is 16.1. The molecule has 0 unspecified atom stereocenters. The van der Waals surface area contributed by atoms with Crippen LogP contribution in [0.1, 0.15) is 38.7 Å². The molecule has 2 aromatic carbocycles. The molecule has 0 radical (unpaired) electrons. The van der Waals surface area contributed by atoms with Crippen LogP contribution in [0.2, 0.25) is 10.0 Å². The molecule has 1 N–H and O–H groups in total. The van der Waals surface area contributed by atoms with Crippen molar-refractivity contribution in [3.8, 4) is 17.2 Å². The molecule has 0 aliphatic carbocycles. The Hall–Kier alpha value is -2.11. The van der Waals surface area contributed by atoms with Gasteiger partial charge in [0.05, 0.1) is 29.0 Å². The average Bonchev–Trinajstić information content (AvgIpc) is 2.66. The molecule has 0 aliphatic rings. The maximum Gasteiger partial charge on any atom is 0.156 e. The van der Waals surface area contributed by atoms with Gasteiger partial charge in [-0.15, -0.1) is 0 Å². The second-order valence-electron chi connectivity index (χ2n) is 6.18. The fourth-order valence-electron chi connectivity index (χ4n) is 2.33. The normalized spacial score (nSPS) is 11.4. The van der Waals surface area contributed by atoms with Gasteiger partial charge in [-0.25, -0.2) is 0 Å². The molecule has 0 saturated heterocycles. The average molecular weight is 426 g/mol. The number of nitrogens with zero attached hydrogens (tertiary/aromatic N) is 1. The standard InChI is InChI=1S/C21H25Cl2NO4/c1-3-10-28-24-15(2)16-6-8-18(9-7-16)26-11-4-5-12-27-21-19(22)13-17(25)14-20(21)23/h6-9,13-14,25H,3-5,10-12H2,1-2H3. The predicted octanol–water partition coefficient (Wildman–Crippen LogP) is 6.09. The summed E-state index contributed by atoms with van der Waals surface area (Å²) >= 11 is 12.0. The minimum Gasteiger partial charge on any atom is -0.508 e. The van der Waals surface area contributed by atoms with Crippen LogP contribution in [0.4, 0.5) is 0 Å². The van der Waals surface area contributed by atoms with Crippen LogP contribution < -0.4 is 9.47 Å². The minimum atomic E-state index is 0.0109. The van der Waals surface area contributed by atoms with Crippen LogP contribution in [0.5, 0.6) is 17.2 Å². The molecule has 0 spiro atoms. The lowest BCUT2D eigenvalue weighted by atomic mass is 10.1. The van der Waals surface area contributed by atoms with Crippen molar-refractivity contribution in [1.82, 2.24) is 0 Å². The molecule has 0 bridgehead atoms. The molecule has 0 amide bonds. The van der Waals surface area contributed by atoms with Crippen LogP contribution in [-0.4, -0.2) is 30.6 Å². The zero-order valence-corrected chi connectivity index (χ0v) is 17.6. The third-order valence-corrected chi connectivity index (χ3v) is 4.37. The molecule has 7 heteroatoms. The Bertz CT molecular complexity index is 755. The molecule has 2 aromatic rings. The number of benzene rings is 2. The van der Waals surface area contributed by atoms with E-state index in [-0.39, 0.29) is 5.75 Å². The maximum absolute atomic E-state index is 9.41. The van der Waals surface area contributed by atoms with Gasteiger partial charge < -0.3 is 19.4 Å². The molecule has 5 nitrogen and oxygen atoms in total. The third-order valence-electron chi connectivity index (χ3n) is 3.81. The van der Waals surface area contributed by atoms with Crippen molar-refractivity contribution in [2.24, 2.45) is 5.16 Å². The predicted molar refractivity (Wildman–Crippen MR) is 113 cm³/mol. The molecule has 2 rings (SSSR count). The second kappa shape index (κ2) is 11.7. The van der Waals surface area contributed by atoms with E-state index in [2.05, 4.69) is 5.16 Å². The number of aromatic hydroxyl groups is 1. The van der Waals surface area contributed by atoms with E-state index < -0.39 is 0 Å². The molecular formula is C21H25Cl2NO4. The second-order valence-corrected chi connectivity index (χ2v) is 6.99. The van der Waals surface area contributed by atoms with Crippen molar-refractivity contribution < 1.29 is 19.4 Å². The first kappa shape index (κ1) is 22.2. The van der Waals surface area contributed by atoms with Gasteiger partial charge in [0, 0.05) is 12.1 Å². The van der Waals surface area contributed by atoms with Gasteiger partial charge in [0.15, 0.2) is 5.75 Å². The summed E-state index contributed by atoms with van der Waals surface area (Å²) in [4.78, 5) is 5.20. The van der Waals surface area contributed by atoms with Crippen LogP contribution in [0.15, 0.2) is 41.6 Å². The largest absolute Gasteiger partial charge is 0.508 e. The number of phenols is 1. The molecule has 0 heterocycles. The Morgan fingerprint density at radius 3 is 2.18 bits per heavy atom. The van der Waals surface area contributed by atoms with Crippen molar-refractivity contribution in [3.05, 3.63) is 52.0 Å². The summed E-state index contributed by atoms with van der Waals surface area (Å²) in [5.41, 5.74) is 1.84. The van der Waals surface area contributed by atoms with Gasteiger partial charge in [-0.2, -0.15) is 0 Å². The highest BCUT2D eigenvalue weighted by atomic mass is 35.5. The monoisotopic (exact) mass is 425 g/mol. The molecule has 0 atom stereocenters. The number of halogens is 2. The highest BCUT2D eigenvalue weighted by Crippen LogP contribution is 2.36. The number of hydrogen-bond donors (Lipinski definition) is 1. The zero-order chi connectivity index (χ0) is 20.4. The van der Waals surface area contributed by atoms with Crippen molar-refractivity contribution in [2.75, 3.05) is 19.8 Å². The van der Waals surface area contributed by atoms with E-state index in [1.165, 1.54) is 12.1 Å². The Morgan fingerprint density at radius 2 is 1.57 bits per heavy atom. The number of oxime groups is 1. The SMILES string of the molecule is CCCON=C(C)c1ccc(OCCCCOc2c(Cl)cc(O)cc2Cl)cc1. The molecule has 0 aliphatic heterocycles. The topological polar surface area (TPSA) is 60.3 Å². The van der Waals surface area contributed by atoms with Crippen molar-refractivity contribution in [3.63, 3.8) is 0 Å². The van der Waals surface area contributed by atoms with Crippen molar-refractivity contribution in [1.29, 1.82) is 0 Å². The summed E-state index contributed by atoms with van der Waals surface area (Å²) in [5, 5.41) is 14.1. The van der Waals surface area contributed by atoms with Crippen LogP contribution >= 0.6 is 23.2 Å². The van der Waals surface area contributed by atoms with Gasteiger partial charge in [-0.05, 0) is 56.0 Å². The van der Waals surface area contributed by atoms with Crippen LogP contribution in [0, 0.1) is 0 Å². The molecule has 152 valence electrons. The number of ether oxygens (including phenoxy) is 2. The van der Waals surface area contributed by atoms with Gasteiger partial charge in [-0.1, -0.05) is 35.3 Å². The van der Waals surface area contributed by atoms with Gasteiger partial charge in [0.2, 0.25) is 0 Å². The van der Waals surface area contributed by atoms with Crippen LogP contribution in [0.25, 0.3) is 0 Å². The maximum atomic E-state index is 9.41. The van der Waals surface area contributed by atoms with Crippen molar-refractivity contribution >= 4 is 28.9 Å². The molecule has 0 fully saturated rings. The smallest absolute Gasteiger partial charge is 0.156 e. The van der Waals surface area contributed by atoms with Gasteiger partial charge in [0.1, 0.15) is 18.1 Å². The van der Waals surface area contributed by atoms with Gasteiger partial charge >= 0.3 is 0 Å². The van der Waals surface area contributed by atoms with Gasteiger partial charge in [-0.3, -0.25) is 0 Å². The van der Waals surface area contributed by atoms with E-state index in [1.54, 1.807) is 0 Å². The Kier molecular flexibility index (Phi) is 9.24. The fraction of sp³-hybridized carbons (Fsp3) is 0.381. The van der Waals surface area contributed by atoms with Crippen LogP contribution in [-0.2, 0) is 4.84 Å². The highest BCUT2D eigenvalue weighted by Gasteiger charge is 2.09. The summed E-state index contributed by atoms with van der Waals surface area (Å²) in [5.74, 6) is 1.20. The summed E-state index contributed by atoms with van der Waals surface area (Å²) in [6, 6.07) is 10.6. The minimum absolute atomic E-state index is 0.0109. The highest BCUT2D eigenvalue weighted by molar-refractivity contribution is 6.37. The lowest BCUT2D eigenvalue weighted by molar-refractivity contribution is 0.145. The lowest BCUT2D eigenvalue weighted by Crippen LogP contribution is -2.03. The lowest BCUT2D eigenvalue weighted by Gasteiger charge is -2.11. The Balaban J connectivity index is 1.69.